The van der Waals surface area contributed by atoms with Crippen molar-refractivity contribution in [2.45, 2.75) is 12.6 Å². The van der Waals surface area contributed by atoms with E-state index >= 15 is 0 Å². The Hall–Kier alpha value is -1.50. The van der Waals surface area contributed by atoms with Gasteiger partial charge in [-0.15, -0.1) is 0 Å². The summed E-state index contributed by atoms with van der Waals surface area (Å²) in [6.07, 6.45) is 1.58. The Morgan fingerprint density at radius 3 is 3.11 bits per heavy atom. The topological polar surface area (TPSA) is 74.7 Å². The van der Waals surface area contributed by atoms with Crippen LogP contribution in [0.25, 0.3) is 0 Å². The molecule has 0 aromatic carbocycles. The van der Waals surface area contributed by atoms with Crippen LogP contribution in [0.3, 0.4) is 0 Å². The van der Waals surface area contributed by atoms with Crippen LogP contribution in [0, 0.1) is 0 Å². The van der Waals surface area contributed by atoms with Gasteiger partial charge in [0.25, 0.3) is 0 Å². The lowest BCUT2D eigenvalue weighted by Crippen LogP contribution is -2.44. The fourth-order valence-electron chi connectivity index (χ4n) is 2.01. The number of morpholine rings is 1. The van der Waals surface area contributed by atoms with Gasteiger partial charge in [-0.2, -0.15) is 0 Å². The van der Waals surface area contributed by atoms with Crippen molar-refractivity contribution in [2.75, 3.05) is 33.3 Å². The molecule has 1 aliphatic heterocycles. The van der Waals surface area contributed by atoms with Gasteiger partial charge in [0.1, 0.15) is 0 Å². The number of hydrogen-bond donors (Lipinski definition) is 2. The summed E-state index contributed by atoms with van der Waals surface area (Å²) < 4.78 is 5.63. The zero-order valence-corrected chi connectivity index (χ0v) is 11.0. The van der Waals surface area contributed by atoms with Crippen molar-refractivity contribution in [2.24, 2.45) is 0 Å². The number of nitrogens with one attached hydrogen (secondary N) is 1. The van der Waals surface area contributed by atoms with E-state index in [9.17, 15) is 4.79 Å². The highest BCUT2D eigenvalue weighted by atomic mass is 16.5. The molecule has 6 nitrogen and oxygen atoms in total. The standard InChI is InChI=1S/C13H19N3O3/c1-16-4-5-19-12(9-16)8-14-7-11-3-2-10(6-15-11)13(17)18/h2-3,6,12,14H,4-5,7-9H2,1H3,(H,17,18). The summed E-state index contributed by atoms with van der Waals surface area (Å²) in [5.74, 6) is -0.953. The molecule has 1 unspecified atom stereocenters. The lowest BCUT2D eigenvalue weighted by Gasteiger charge is -2.30. The van der Waals surface area contributed by atoms with Crippen LogP contribution in [0.4, 0.5) is 0 Å². The number of aromatic nitrogens is 1. The highest BCUT2D eigenvalue weighted by molar-refractivity contribution is 5.87. The molecular formula is C13H19N3O3. The van der Waals surface area contributed by atoms with Crippen LogP contribution in [0.5, 0.6) is 0 Å². The van der Waals surface area contributed by atoms with Crippen LogP contribution in [0.2, 0.25) is 0 Å². The maximum Gasteiger partial charge on any atom is 0.337 e. The third-order valence-electron chi connectivity index (χ3n) is 3.09. The molecular weight excluding hydrogens is 246 g/mol. The average Bonchev–Trinajstić information content (AvgIpc) is 2.39. The summed E-state index contributed by atoms with van der Waals surface area (Å²) in [6.45, 7) is 4.07. The minimum Gasteiger partial charge on any atom is -0.478 e. The number of rotatable bonds is 5. The Morgan fingerprint density at radius 2 is 2.47 bits per heavy atom. The summed E-state index contributed by atoms with van der Waals surface area (Å²) in [7, 11) is 2.09. The molecule has 1 aromatic rings. The highest BCUT2D eigenvalue weighted by Crippen LogP contribution is 2.03. The molecule has 1 saturated heterocycles. The first-order valence-electron chi connectivity index (χ1n) is 6.34. The minimum atomic E-state index is -0.953. The van der Waals surface area contributed by atoms with Gasteiger partial charge < -0.3 is 20.1 Å². The summed E-state index contributed by atoms with van der Waals surface area (Å²) >= 11 is 0. The van der Waals surface area contributed by atoms with Gasteiger partial charge in [0.2, 0.25) is 0 Å². The van der Waals surface area contributed by atoms with Crippen molar-refractivity contribution in [3.8, 4) is 0 Å². The van der Waals surface area contributed by atoms with Gasteiger partial charge in [0, 0.05) is 32.4 Å². The molecule has 19 heavy (non-hydrogen) atoms. The van der Waals surface area contributed by atoms with Crippen molar-refractivity contribution in [3.05, 3.63) is 29.6 Å². The van der Waals surface area contributed by atoms with E-state index in [1.807, 2.05) is 0 Å². The smallest absolute Gasteiger partial charge is 0.337 e. The third kappa shape index (κ3) is 4.27. The molecule has 0 spiro atoms. The van der Waals surface area contributed by atoms with E-state index in [0.717, 1.165) is 31.9 Å². The van der Waals surface area contributed by atoms with Crippen molar-refractivity contribution in [1.82, 2.24) is 15.2 Å². The van der Waals surface area contributed by atoms with Gasteiger partial charge in [-0.05, 0) is 19.2 Å². The van der Waals surface area contributed by atoms with Gasteiger partial charge in [-0.1, -0.05) is 0 Å². The number of ether oxygens (including phenoxy) is 1. The van der Waals surface area contributed by atoms with Crippen LogP contribution in [0.1, 0.15) is 16.1 Å². The molecule has 6 heteroatoms. The summed E-state index contributed by atoms with van der Waals surface area (Å²) in [5.41, 5.74) is 1.04. The van der Waals surface area contributed by atoms with Crippen LogP contribution in [-0.2, 0) is 11.3 Å². The zero-order chi connectivity index (χ0) is 13.7. The molecule has 0 saturated carbocycles. The number of carbonyl (C=O) groups is 1. The van der Waals surface area contributed by atoms with E-state index in [2.05, 4.69) is 22.2 Å². The summed E-state index contributed by atoms with van der Waals surface area (Å²) in [4.78, 5) is 17.0. The van der Waals surface area contributed by atoms with Crippen molar-refractivity contribution in [3.63, 3.8) is 0 Å². The van der Waals surface area contributed by atoms with Gasteiger partial charge in [-0.25, -0.2) is 4.79 Å². The van der Waals surface area contributed by atoms with Crippen LogP contribution in [-0.4, -0.2) is 60.4 Å². The Balaban J connectivity index is 1.74. The molecule has 1 atom stereocenters. The average molecular weight is 265 g/mol. The Labute approximate surface area is 112 Å². The van der Waals surface area contributed by atoms with Gasteiger partial charge in [0.15, 0.2) is 0 Å². The second-order valence-corrected chi connectivity index (χ2v) is 4.73. The van der Waals surface area contributed by atoms with Crippen LogP contribution in [0.15, 0.2) is 18.3 Å². The maximum atomic E-state index is 10.7. The third-order valence-corrected chi connectivity index (χ3v) is 3.09. The second kappa shape index (κ2) is 6.60. The highest BCUT2D eigenvalue weighted by Gasteiger charge is 2.16. The lowest BCUT2D eigenvalue weighted by atomic mass is 10.2. The van der Waals surface area contributed by atoms with Crippen molar-refractivity contribution < 1.29 is 14.6 Å². The van der Waals surface area contributed by atoms with E-state index in [0.29, 0.717) is 6.54 Å². The second-order valence-electron chi connectivity index (χ2n) is 4.73. The molecule has 1 aliphatic rings. The van der Waals surface area contributed by atoms with E-state index in [-0.39, 0.29) is 11.7 Å². The molecule has 1 fully saturated rings. The fourth-order valence-corrected chi connectivity index (χ4v) is 2.01. The van der Waals surface area contributed by atoms with Crippen molar-refractivity contribution in [1.29, 1.82) is 0 Å². The molecule has 0 amide bonds. The van der Waals surface area contributed by atoms with E-state index in [1.165, 1.54) is 6.20 Å². The van der Waals surface area contributed by atoms with E-state index < -0.39 is 5.97 Å². The maximum absolute atomic E-state index is 10.7. The minimum absolute atomic E-state index is 0.206. The number of carboxylic acid groups (broad SMARTS) is 1. The van der Waals surface area contributed by atoms with Crippen LogP contribution < -0.4 is 5.32 Å². The molecule has 2 rings (SSSR count). The van der Waals surface area contributed by atoms with E-state index in [4.69, 9.17) is 9.84 Å². The predicted octanol–water partition coefficient (Wildman–Crippen LogP) is 0.200. The lowest BCUT2D eigenvalue weighted by molar-refractivity contribution is -0.0182. The molecule has 0 bridgehead atoms. The quantitative estimate of drug-likeness (QED) is 0.792. The van der Waals surface area contributed by atoms with E-state index in [1.54, 1.807) is 12.1 Å². The normalized spacial score (nSPS) is 20.4. The van der Waals surface area contributed by atoms with Crippen LogP contribution >= 0.6 is 0 Å². The Morgan fingerprint density at radius 1 is 1.63 bits per heavy atom. The molecule has 1 aromatic heterocycles. The first-order chi connectivity index (χ1) is 9.15. The molecule has 104 valence electrons. The number of hydrogen-bond acceptors (Lipinski definition) is 5. The Bertz CT molecular complexity index is 422. The molecule has 0 radical (unpaired) electrons. The van der Waals surface area contributed by atoms with Gasteiger partial charge in [-0.3, -0.25) is 4.98 Å². The van der Waals surface area contributed by atoms with Gasteiger partial charge >= 0.3 is 5.97 Å². The first-order valence-corrected chi connectivity index (χ1v) is 6.34. The first kappa shape index (κ1) is 13.9. The number of likely N-dealkylation sites (N-methyl/N-ethyl adjacent to an activating group) is 1. The molecule has 2 N–H and O–H groups in total. The van der Waals surface area contributed by atoms with Crippen molar-refractivity contribution >= 4 is 5.97 Å². The summed E-state index contributed by atoms with van der Waals surface area (Å²) in [6, 6.07) is 3.29. The summed E-state index contributed by atoms with van der Waals surface area (Å²) in [5, 5.41) is 12.0. The SMILES string of the molecule is CN1CCOC(CNCc2ccc(C(=O)O)cn2)C1. The number of aromatic carboxylic acids is 1. The zero-order valence-electron chi connectivity index (χ0n) is 11.0. The Kier molecular flexibility index (Phi) is 4.84. The largest absolute Gasteiger partial charge is 0.478 e. The van der Waals surface area contributed by atoms with Gasteiger partial charge in [0.05, 0.1) is 24.0 Å². The fraction of sp³-hybridized carbons (Fsp3) is 0.538. The predicted molar refractivity (Wildman–Crippen MR) is 70.1 cm³/mol. The number of pyridine rings is 1. The molecule has 2 heterocycles. The number of nitrogens with zero attached hydrogens (tertiary/aromatic N) is 2. The molecule has 0 aliphatic carbocycles. The monoisotopic (exact) mass is 265 g/mol. The number of carboxylic acids is 1.